The fourth-order valence-electron chi connectivity index (χ4n) is 3.61. The van der Waals surface area contributed by atoms with Crippen LogP contribution in [0.2, 0.25) is 0 Å². The van der Waals surface area contributed by atoms with Gasteiger partial charge in [-0.2, -0.15) is 0 Å². The Kier molecular flexibility index (Phi) is 5.19. The number of aromatic nitrogens is 2. The molecular formula is C25H22N4O2. The van der Waals surface area contributed by atoms with Gasteiger partial charge in [0, 0.05) is 35.8 Å². The number of allylic oxidation sites excluding steroid dienone is 1. The molecule has 5 rings (SSSR count). The van der Waals surface area contributed by atoms with Crippen LogP contribution in [0.4, 0.5) is 5.82 Å². The van der Waals surface area contributed by atoms with E-state index in [4.69, 9.17) is 19.1 Å². The first-order valence-electron chi connectivity index (χ1n) is 10.2. The molecule has 2 aromatic carbocycles. The van der Waals surface area contributed by atoms with Crippen molar-refractivity contribution in [2.24, 2.45) is 4.99 Å². The Hall–Kier alpha value is -3.93. The molecule has 0 fully saturated rings. The SMILES string of the molecule is COc1cccc(-c2ccc3nc(C4=CCCN=C4)nc(NCc4ccoc4)c3c2)c1. The van der Waals surface area contributed by atoms with Gasteiger partial charge in [-0.1, -0.05) is 24.3 Å². The molecular weight excluding hydrogens is 388 g/mol. The molecule has 0 bridgehead atoms. The van der Waals surface area contributed by atoms with Crippen LogP contribution in [0, 0.1) is 0 Å². The molecule has 4 aromatic rings. The molecule has 154 valence electrons. The number of anilines is 1. The molecule has 6 heteroatoms. The zero-order valence-corrected chi connectivity index (χ0v) is 17.2. The second-order valence-electron chi connectivity index (χ2n) is 7.33. The number of hydrogen-bond donors (Lipinski definition) is 1. The summed E-state index contributed by atoms with van der Waals surface area (Å²) in [6.07, 6.45) is 8.30. The first-order chi connectivity index (χ1) is 15.3. The van der Waals surface area contributed by atoms with E-state index >= 15 is 0 Å². The molecule has 3 heterocycles. The smallest absolute Gasteiger partial charge is 0.163 e. The third-order valence-corrected chi connectivity index (χ3v) is 5.25. The Morgan fingerprint density at radius 3 is 2.81 bits per heavy atom. The number of dihydropyridines is 1. The zero-order valence-electron chi connectivity index (χ0n) is 17.2. The average molecular weight is 410 g/mol. The van der Waals surface area contributed by atoms with Gasteiger partial charge < -0.3 is 14.5 Å². The number of methoxy groups -OCH3 is 1. The molecule has 2 aromatic heterocycles. The van der Waals surface area contributed by atoms with Crippen LogP contribution in [0.25, 0.3) is 27.6 Å². The Morgan fingerprint density at radius 1 is 1.06 bits per heavy atom. The molecule has 0 spiro atoms. The predicted octanol–water partition coefficient (Wildman–Crippen LogP) is 5.37. The van der Waals surface area contributed by atoms with Crippen LogP contribution >= 0.6 is 0 Å². The van der Waals surface area contributed by atoms with Crippen molar-refractivity contribution in [2.45, 2.75) is 13.0 Å². The molecule has 0 amide bonds. The maximum absolute atomic E-state index is 5.39. The minimum Gasteiger partial charge on any atom is -0.497 e. The monoisotopic (exact) mass is 410 g/mol. The second kappa shape index (κ2) is 8.44. The highest BCUT2D eigenvalue weighted by molar-refractivity contribution is 6.09. The van der Waals surface area contributed by atoms with Gasteiger partial charge in [0.1, 0.15) is 11.6 Å². The Balaban J connectivity index is 1.60. The van der Waals surface area contributed by atoms with Crippen LogP contribution in [0.1, 0.15) is 17.8 Å². The van der Waals surface area contributed by atoms with E-state index in [-0.39, 0.29) is 0 Å². The lowest BCUT2D eigenvalue weighted by atomic mass is 10.0. The van der Waals surface area contributed by atoms with E-state index in [2.05, 4.69) is 34.6 Å². The van der Waals surface area contributed by atoms with Crippen molar-refractivity contribution in [1.29, 1.82) is 0 Å². The number of nitrogens with one attached hydrogen (secondary N) is 1. The van der Waals surface area contributed by atoms with Crippen molar-refractivity contribution in [2.75, 3.05) is 19.0 Å². The molecule has 0 saturated carbocycles. The van der Waals surface area contributed by atoms with Crippen molar-refractivity contribution in [3.05, 3.63) is 78.5 Å². The van der Waals surface area contributed by atoms with E-state index < -0.39 is 0 Å². The van der Waals surface area contributed by atoms with Crippen LogP contribution in [0.15, 0.2) is 76.5 Å². The lowest BCUT2D eigenvalue weighted by Gasteiger charge is -2.13. The summed E-state index contributed by atoms with van der Waals surface area (Å²) in [4.78, 5) is 14.1. The summed E-state index contributed by atoms with van der Waals surface area (Å²) < 4.78 is 10.6. The Morgan fingerprint density at radius 2 is 2.00 bits per heavy atom. The summed E-state index contributed by atoms with van der Waals surface area (Å²) in [6, 6.07) is 16.2. The summed E-state index contributed by atoms with van der Waals surface area (Å²) in [7, 11) is 1.68. The largest absolute Gasteiger partial charge is 0.497 e. The molecule has 6 nitrogen and oxygen atoms in total. The number of aliphatic imine (C=N–C) groups is 1. The number of ether oxygens (including phenoxy) is 1. The predicted molar refractivity (Wildman–Crippen MR) is 124 cm³/mol. The maximum atomic E-state index is 5.39. The highest BCUT2D eigenvalue weighted by atomic mass is 16.5. The summed E-state index contributed by atoms with van der Waals surface area (Å²) >= 11 is 0. The van der Waals surface area contributed by atoms with Crippen LogP contribution in [-0.2, 0) is 6.54 Å². The lowest BCUT2D eigenvalue weighted by Crippen LogP contribution is -2.06. The maximum Gasteiger partial charge on any atom is 0.163 e. The second-order valence-corrected chi connectivity index (χ2v) is 7.33. The van der Waals surface area contributed by atoms with Crippen molar-refractivity contribution >= 4 is 28.5 Å². The zero-order chi connectivity index (χ0) is 21.0. The number of furan rings is 1. The Bertz CT molecular complexity index is 1280. The minimum absolute atomic E-state index is 0.610. The summed E-state index contributed by atoms with van der Waals surface area (Å²) in [5.41, 5.74) is 5.04. The van der Waals surface area contributed by atoms with Crippen molar-refractivity contribution in [3.63, 3.8) is 0 Å². The third kappa shape index (κ3) is 4.05. The average Bonchev–Trinajstić information content (AvgIpc) is 3.36. The fraction of sp³-hybridized carbons (Fsp3) is 0.160. The van der Waals surface area contributed by atoms with Crippen LogP contribution in [-0.4, -0.2) is 29.8 Å². The molecule has 0 unspecified atom stereocenters. The van der Waals surface area contributed by atoms with Gasteiger partial charge in [0.2, 0.25) is 0 Å². The lowest BCUT2D eigenvalue weighted by molar-refractivity contribution is 0.415. The fourth-order valence-corrected chi connectivity index (χ4v) is 3.61. The van der Waals surface area contributed by atoms with Gasteiger partial charge in [-0.3, -0.25) is 4.99 Å². The highest BCUT2D eigenvalue weighted by Gasteiger charge is 2.13. The first-order valence-corrected chi connectivity index (χ1v) is 10.2. The van der Waals surface area contributed by atoms with Gasteiger partial charge in [-0.25, -0.2) is 9.97 Å². The standard InChI is InChI=1S/C25H22N4O2/c1-30-21-6-2-4-18(12-21)19-7-8-23-22(13-19)25(27-14-17-9-11-31-16-17)29-24(28-23)20-5-3-10-26-15-20/h2,4-9,11-13,15-16H,3,10,14H2,1H3,(H,27,28,29). The number of nitrogens with zero attached hydrogens (tertiary/aromatic N) is 3. The molecule has 1 N–H and O–H groups in total. The van der Waals surface area contributed by atoms with E-state index in [1.165, 1.54) is 0 Å². The van der Waals surface area contributed by atoms with E-state index in [0.717, 1.165) is 57.7 Å². The van der Waals surface area contributed by atoms with Crippen LogP contribution in [0.3, 0.4) is 0 Å². The number of benzene rings is 2. The molecule has 0 saturated heterocycles. The number of fused-ring (bicyclic) bond motifs is 1. The summed E-state index contributed by atoms with van der Waals surface area (Å²) in [5, 5.41) is 4.42. The van der Waals surface area contributed by atoms with Crippen molar-refractivity contribution in [1.82, 2.24) is 9.97 Å². The normalized spacial score (nSPS) is 13.3. The first kappa shape index (κ1) is 19.1. The Labute approximate surface area is 180 Å². The van der Waals surface area contributed by atoms with Gasteiger partial charge >= 0.3 is 0 Å². The van der Waals surface area contributed by atoms with E-state index in [0.29, 0.717) is 12.4 Å². The number of rotatable bonds is 6. The van der Waals surface area contributed by atoms with Gasteiger partial charge in [-0.05, 0) is 47.9 Å². The van der Waals surface area contributed by atoms with E-state index in [1.54, 1.807) is 19.6 Å². The molecule has 1 aliphatic heterocycles. The van der Waals surface area contributed by atoms with Gasteiger partial charge in [0.15, 0.2) is 5.82 Å². The molecule has 1 aliphatic rings. The van der Waals surface area contributed by atoms with Crippen molar-refractivity contribution in [3.8, 4) is 16.9 Å². The van der Waals surface area contributed by atoms with Gasteiger partial charge in [0.25, 0.3) is 0 Å². The van der Waals surface area contributed by atoms with E-state index in [9.17, 15) is 0 Å². The topological polar surface area (TPSA) is 72.5 Å². The van der Waals surface area contributed by atoms with E-state index in [1.807, 2.05) is 36.5 Å². The molecule has 0 radical (unpaired) electrons. The molecule has 31 heavy (non-hydrogen) atoms. The number of hydrogen-bond acceptors (Lipinski definition) is 6. The highest BCUT2D eigenvalue weighted by Crippen LogP contribution is 2.30. The summed E-state index contributed by atoms with van der Waals surface area (Å²) in [5.74, 6) is 2.29. The van der Waals surface area contributed by atoms with Crippen LogP contribution < -0.4 is 10.1 Å². The van der Waals surface area contributed by atoms with Crippen molar-refractivity contribution < 1.29 is 9.15 Å². The van der Waals surface area contributed by atoms with Gasteiger partial charge in [-0.15, -0.1) is 0 Å². The molecule has 0 atom stereocenters. The van der Waals surface area contributed by atoms with Crippen LogP contribution in [0.5, 0.6) is 5.75 Å². The third-order valence-electron chi connectivity index (χ3n) is 5.25. The summed E-state index contributed by atoms with van der Waals surface area (Å²) in [6.45, 7) is 1.42. The minimum atomic E-state index is 0.610. The quantitative estimate of drug-likeness (QED) is 0.463. The molecule has 0 aliphatic carbocycles. The van der Waals surface area contributed by atoms with Gasteiger partial charge in [0.05, 0.1) is 25.2 Å².